The molecule has 0 saturated carbocycles. The summed E-state index contributed by atoms with van der Waals surface area (Å²) >= 11 is 0. The van der Waals surface area contributed by atoms with Crippen molar-refractivity contribution < 1.29 is 19.4 Å². The number of cyclic esters (lactones) is 1. The van der Waals surface area contributed by atoms with Crippen LogP contribution in [0.25, 0.3) is 6.08 Å². The molecule has 0 radical (unpaired) electrons. The molecule has 0 atom stereocenters. The van der Waals surface area contributed by atoms with Crippen molar-refractivity contribution in [3.63, 3.8) is 0 Å². The van der Waals surface area contributed by atoms with Gasteiger partial charge in [-0.15, -0.1) is 0 Å². The van der Waals surface area contributed by atoms with Crippen molar-refractivity contribution >= 4 is 29.3 Å². The number of aliphatic imine (C=N–C) groups is 1. The number of hydrogen-bond acceptors (Lipinski definition) is 7. The molecule has 0 aliphatic carbocycles. The maximum atomic E-state index is 11.9. The first-order valence-electron chi connectivity index (χ1n) is 6.96. The number of nitrogens with zero attached hydrogens (tertiary/aromatic N) is 3. The Bertz CT molecular complexity index is 947. The van der Waals surface area contributed by atoms with Gasteiger partial charge in [-0.25, -0.2) is 9.79 Å². The lowest BCUT2D eigenvalue weighted by molar-refractivity contribution is -0.385. The van der Waals surface area contributed by atoms with Crippen molar-refractivity contribution in [2.24, 2.45) is 4.99 Å². The minimum absolute atomic E-state index is 0.0107. The highest BCUT2D eigenvalue weighted by Gasteiger charge is 2.24. The van der Waals surface area contributed by atoms with E-state index in [2.05, 4.69) is 4.99 Å². The van der Waals surface area contributed by atoms with Gasteiger partial charge in [-0.05, 0) is 23.8 Å². The first kappa shape index (κ1) is 16.0. The Morgan fingerprint density at radius 2 is 1.64 bits per heavy atom. The molecule has 124 valence electrons. The van der Waals surface area contributed by atoms with Gasteiger partial charge in [0.2, 0.25) is 5.90 Å². The fourth-order valence-electron chi connectivity index (χ4n) is 2.14. The van der Waals surface area contributed by atoms with Crippen LogP contribution >= 0.6 is 0 Å². The number of benzene rings is 2. The third-order valence-corrected chi connectivity index (χ3v) is 3.33. The number of carbonyl (C=O) groups excluding carboxylic acids is 1. The Morgan fingerprint density at radius 1 is 0.960 bits per heavy atom. The molecular formula is C16H9N3O6. The summed E-state index contributed by atoms with van der Waals surface area (Å²) in [7, 11) is 0. The lowest BCUT2D eigenvalue weighted by atomic mass is 10.1. The van der Waals surface area contributed by atoms with Gasteiger partial charge in [0.25, 0.3) is 11.4 Å². The van der Waals surface area contributed by atoms with Crippen LogP contribution in [-0.2, 0) is 9.53 Å². The van der Waals surface area contributed by atoms with Gasteiger partial charge >= 0.3 is 5.97 Å². The molecule has 0 unspecified atom stereocenters. The molecule has 9 heteroatoms. The normalized spacial score (nSPS) is 15.0. The van der Waals surface area contributed by atoms with E-state index < -0.39 is 15.8 Å². The molecular weight excluding hydrogens is 330 g/mol. The number of hydrogen-bond donors (Lipinski definition) is 0. The highest BCUT2D eigenvalue weighted by atomic mass is 16.6. The van der Waals surface area contributed by atoms with E-state index in [1.54, 1.807) is 6.07 Å². The summed E-state index contributed by atoms with van der Waals surface area (Å²) in [6.45, 7) is 0. The number of rotatable bonds is 4. The van der Waals surface area contributed by atoms with Crippen molar-refractivity contribution in [2.75, 3.05) is 0 Å². The quantitative estimate of drug-likeness (QED) is 0.365. The highest BCUT2D eigenvalue weighted by Crippen LogP contribution is 2.22. The van der Waals surface area contributed by atoms with Crippen LogP contribution < -0.4 is 0 Å². The Balaban J connectivity index is 1.90. The number of nitro groups is 2. The van der Waals surface area contributed by atoms with E-state index in [-0.39, 0.29) is 23.0 Å². The molecule has 1 aliphatic heterocycles. The van der Waals surface area contributed by atoms with Crippen LogP contribution in [0.4, 0.5) is 11.4 Å². The fraction of sp³-hybridized carbons (Fsp3) is 0. The summed E-state index contributed by atoms with van der Waals surface area (Å²) < 4.78 is 5.05. The molecule has 0 saturated heterocycles. The zero-order chi connectivity index (χ0) is 18.0. The average molecular weight is 339 g/mol. The number of nitro benzene ring substituents is 2. The summed E-state index contributed by atoms with van der Waals surface area (Å²) in [4.78, 5) is 36.3. The Morgan fingerprint density at radius 3 is 2.28 bits per heavy atom. The lowest BCUT2D eigenvalue weighted by Crippen LogP contribution is -2.05. The van der Waals surface area contributed by atoms with Gasteiger partial charge in [0.05, 0.1) is 9.85 Å². The number of non-ortho nitro benzene ring substituents is 2. The SMILES string of the molecule is O=C1OC(c2ccc([N+](=O)[O-])cc2)=N/C1=C/c1cccc([N+](=O)[O-])c1. The topological polar surface area (TPSA) is 125 Å². The molecule has 0 amide bonds. The van der Waals surface area contributed by atoms with E-state index in [1.165, 1.54) is 48.5 Å². The number of carbonyl (C=O) groups is 1. The maximum absolute atomic E-state index is 11.9. The molecule has 2 aromatic carbocycles. The lowest BCUT2D eigenvalue weighted by Gasteiger charge is -1.98. The Labute approximate surface area is 140 Å². The van der Waals surface area contributed by atoms with Crippen molar-refractivity contribution in [3.05, 3.63) is 85.6 Å². The zero-order valence-corrected chi connectivity index (χ0v) is 12.5. The Kier molecular flexibility index (Phi) is 4.04. The van der Waals surface area contributed by atoms with Gasteiger partial charge in [-0.1, -0.05) is 12.1 Å². The standard InChI is InChI=1S/C16H9N3O6/c20-16-14(9-10-2-1-3-13(8-10)19(23)24)17-15(25-16)11-4-6-12(7-5-11)18(21)22/h1-9H/b14-9+. The predicted octanol–water partition coefficient (Wildman–Crippen LogP) is 2.85. The predicted molar refractivity (Wildman–Crippen MR) is 86.8 cm³/mol. The summed E-state index contributed by atoms with van der Waals surface area (Å²) in [6, 6.07) is 11.1. The van der Waals surface area contributed by atoms with E-state index in [9.17, 15) is 25.0 Å². The van der Waals surface area contributed by atoms with Crippen molar-refractivity contribution in [2.45, 2.75) is 0 Å². The maximum Gasteiger partial charge on any atom is 0.363 e. The van der Waals surface area contributed by atoms with Crippen molar-refractivity contribution in [3.8, 4) is 0 Å². The van der Waals surface area contributed by atoms with E-state index in [0.29, 0.717) is 11.1 Å². The molecule has 1 aliphatic rings. The van der Waals surface area contributed by atoms with Crippen LogP contribution in [0.2, 0.25) is 0 Å². The van der Waals surface area contributed by atoms with Crippen LogP contribution in [0.3, 0.4) is 0 Å². The second-order valence-corrected chi connectivity index (χ2v) is 4.99. The molecule has 0 N–H and O–H groups in total. The minimum Gasteiger partial charge on any atom is -0.402 e. The van der Waals surface area contributed by atoms with Crippen LogP contribution in [0.1, 0.15) is 11.1 Å². The van der Waals surface area contributed by atoms with Crippen LogP contribution in [0.15, 0.2) is 59.2 Å². The number of esters is 1. The first-order valence-corrected chi connectivity index (χ1v) is 6.96. The number of ether oxygens (including phenoxy) is 1. The molecule has 0 spiro atoms. The highest BCUT2D eigenvalue weighted by molar-refractivity contribution is 6.12. The largest absolute Gasteiger partial charge is 0.402 e. The second-order valence-electron chi connectivity index (χ2n) is 4.99. The molecule has 1 heterocycles. The van der Waals surface area contributed by atoms with Gasteiger partial charge in [0.1, 0.15) is 0 Å². The second kappa shape index (κ2) is 6.32. The van der Waals surface area contributed by atoms with Gasteiger partial charge in [0, 0.05) is 29.8 Å². The molecule has 9 nitrogen and oxygen atoms in total. The monoisotopic (exact) mass is 339 g/mol. The zero-order valence-electron chi connectivity index (χ0n) is 12.5. The minimum atomic E-state index is -0.708. The van der Waals surface area contributed by atoms with E-state index >= 15 is 0 Å². The summed E-state index contributed by atoms with van der Waals surface area (Å²) in [5.74, 6) is -0.698. The van der Waals surface area contributed by atoms with E-state index in [1.807, 2.05) is 0 Å². The molecule has 25 heavy (non-hydrogen) atoms. The Hall–Kier alpha value is -3.88. The van der Waals surface area contributed by atoms with Crippen LogP contribution in [-0.4, -0.2) is 21.7 Å². The van der Waals surface area contributed by atoms with Gasteiger partial charge in [0.15, 0.2) is 5.70 Å². The third kappa shape index (κ3) is 3.39. The third-order valence-electron chi connectivity index (χ3n) is 3.33. The van der Waals surface area contributed by atoms with Gasteiger partial charge in [-0.3, -0.25) is 20.2 Å². The molecule has 0 bridgehead atoms. The molecule has 3 rings (SSSR count). The first-order chi connectivity index (χ1) is 11.9. The van der Waals surface area contributed by atoms with Crippen LogP contribution in [0.5, 0.6) is 0 Å². The van der Waals surface area contributed by atoms with Crippen molar-refractivity contribution in [1.82, 2.24) is 0 Å². The molecule has 2 aromatic rings. The molecule has 0 aromatic heterocycles. The fourth-order valence-corrected chi connectivity index (χ4v) is 2.14. The van der Waals surface area contributed by atoms with Gasteiger partial charge < -0.3 is 4.74 Å². The smallest absolute Gasteiger partial charge is 0.363 e. The van der Waals surface area contributed by atoms with E-state index in [4.69, 9.17) is 4.74 Å². The average Bonchev–Trinajstić information content (AvgIpc) is 2.96. The van der Waals surface area contributed by atoms with Gasteiger partial charge in [-0.2, -0.15) is 0 Å². The van der Waals surface area contributed by atoms with Crippen molar-refractivity contribution in [1.29, 1.82) is 0 Å². The van der Waals surface area contributed by atoms with E-state index in [0.717, 1.165) is 0 Å². The molecule has 0 fully saturated rings. The van der Waals surface area contributed by atoms with Crippen LogP contribution in [0, 0.1) is 20.2 Å². The summed E-state index contributed by atoms with van der Waals surface area (Å²) in [5.41, 5.74) is 0.603. The summed E-state index contributed by atoms with van der Waals surface area (Å²) in [5, 5.41) is 21.4. The summed E-state index contributed by atoms with van der Waals surface area (Å²) in [6.07, 6.45) is 1.37.